The lowest BCUT2D eigenvalue weighted by atomic mass is 10.3. The summed E-state index contributed by atoms with van der Waals surface area (Å²) in [4.78, 5) is 0.677. The van der Waals surface area contributed by atoms with E-state index in [1.165, 1.54) is 17.8 Å². The third-order valence-electron chi connectivity index (χ3n) is 2.90. The molecule has 0 saturated carbocycles. The molecule has 0 aliphatic heterocycles. The first-order valence-electron chi connectivity index (χ1n) is 6.28. The van der Waals surface area contributed by atoms with Gasteiger partial charge in [-0.1, -0.05) is 19.1 Å². The largest absolute Gasteiger partial charge is 0.268 e. The van der Waals surface area contributed by atoms with E-state index in [0.717, 1.165) is 28.8 Å². The lowest BCUT2D eigenvalue weighted by Gasteiger charge is -2.06. The minimum Gasteiger partial charge on any atom is -0.268 e. The topological polar surface area (TPSA) is 17.8 Å². The minimum absolute atomic E-state index is 0.165. The van der Waals surface area contributed by atoms with Gasteiger partial charge in [0.05, 0.1) is 15.9 Å². The van der Waals surface area contributed by atoms with E-state index >= 15 is 0 Å². The lowest BCUT2D eigenvalue weighted by Crippen LogP contribution is -2.02. The maximum Gasteiger partial charge on any atom is 0.136 e. The van der Waals surface area contributed by atoms with Crippen molar-refractivity contribution in [2.75, 3.05) is 0 Å². The van der Waals surface area contributed by atoms with Gasteiger partial charge in [0.1, 0.15) is 5.82 Å². The smallest absolute Gasteiger partial charge is 0.136 e. The van der Waals surface area contributed by atoms with Gasteiger partial charge >= 0.3 is 0 Å². The van der Waals surface area contributed by atoms with Gasteiger partial charge in [-0.25, -0.2) is 4.39 Å². The van der Waals surface area contributed by atoms with Gasteiger partial charge in [0.15, 0.2) is 0 Å². The van der Waals surface area contributed by atoms with Crippen molar-refractivity contribution in [3.63, 3.8) is 0 Å². The SMILES string of the molecule is CCc1nn(CC)c(CSc2ccccc2F)c1Br. The van der Waals surface area contributed by atoms with Crippen molar-refractivity contribution in [2.24, 2.45) is 0 Å². The van der Waals surface area contributed by atoms with Crippen LogP contribution >= 0.6 is 27.7 Å². The number of thioether (sulfide) groups is 1. The van der Waals surface area contributed by atoms with Crippen molar-refractivity contribution in [1.82, 2.24) is 9.78 Å². The van der Waals surface area contributed by atoms with Crippen LogP contribution in [0.5, 0.6) is 0 Å². The molecule has 0 unspecified atom stereocenters. The van der Waals surface area contributed by atoms with Crippen LogP contribution in [0.25, 0.3) is 0 Å². The molecule has 102 valence electrons. The average Bonchev–Trinajstić information content (AvgIpc) is 2.74. The third kappa shape index (κ3) is 3.20. The summed E-state index contributed by atoms with van der Waals surface area (Å²) in [7, 11) is 0. The first-order valence-corrected chi connectivity index (χ1v) is 8.06. The summed E-state index contributed by atoms with van der Waals surface area (Å²) in [6, 6.07) is 6.86. The molecule has 0 bridgehead atoms. The van der Waals surface area contributed by atoms with Crippen LogP contribution in [-0.2, 0) is 18.7 Å². The first-order chi connectivity index (χ1) is 9.17. The quantitative estimate of drug-likeness (QED) is 0.735. The summed E-state index contributed by atoms with van der Waals surface area (Å²) < 4.78 is 16.6. The van der Waals surface area contributed by atoms with E-state index in [2.05, 4.69) is 34.9 Å². The molecule has 0 aliphatic carbocycles. The van der Waals surface area contributed by atoms with Crippen molar-refractivity contribution in [2.45, 2.75) is 37.5 Å². The van der Waals surface area contributed by atoms with Gasteiger partial charge in [-0.15, -0.1) is 11.8 Å². The van der Waals surface area contributed by atoms with E-state index in [1.54, 1.807) is 12.1 Å². The number of hydrogen-bond acceptors (Lipinski definition) is 2. The van der Waals surface area contributed by atoms with Crippen LogP contribution < -0.4 is 0 Å². The van der Waals surface area contributed by atoms with Gasteiger partial charge in [-0.05, 0) is 41.4 Å². The van der Waals surface area contributed by atoms with E-state index in [0.29, 0.717) is 10.6 Å². The van der Waals surface area contributed by atoms with E-state index in [9.17, 15) is 4.39 Å². The highest BCUT2D eigenvalue weighted by Gasteiger charge is 2.14. The third-order valence-corrected chi connectivity index (χ3v) is 4.87. The first kappa shape index (κ1) is 14.6. The molecule has 1 aromatic heterocycles. The number of hydrogen-bond donors (Lipinski definition) is 0. The van der Waals surface area contributed by atoms with Crippen molar-refractivity contribution < 1.29 is 4.39 Å². The van der Waals surface area contributed by atoms with Crippen LogP contribution in [-0.4, -0.2) is 9.78 Å². The highest BCUT2D eigenvalue weighted by atomic mass is 79.9. The molecule has 19 heavy (non-hydrogen) atoms. The molecule has 0 amide bonds. The lowest BCUT2D eigenvalue weighted by molar-refractivity contribution is 0.601. The van der Waals surface area contributed by atoms with Crippen LogP contribution in [0, 0.1) is 5.82 Å². The number of rotatable bonds is 5. The summed E-state index contributed by atoms with van der Waals surface area (Å²) in [5.74, 6) is 0.546. The maximum atomic E-state index is 13.6. The normalized spacial score (nSPS) is 10.9. The number of halogens is 2. The monoisotopic (exact) mass is 342 g/mol. The highest BCUT2D eigenvalue weighted by molar-refractivity contribution is 9.10. The average molecular weight is 343 g/mol. The Hall–Kier alpha value is -0.810. The van der Waals surface area contributed by atoms with Crippen LogP contribution in [0.3, 0.4) is 0 Å². The zero-order valence-electron chi connectivity index (χ0n) is 11.0. The molecule has 0 radical (unpaired) electrons. The molecule has 0 saturated heterocycles. The number of benzene rings is 1. The molecule has 2 nitrogen and oxygen atoms in total. The standard InChI is InChI=1S/C14H16BrFN2S/c1-3-11-14(15)12(18(4-2)17-11)9-19-13-8-6-5-7-10(13)16/h5-8H,3-4,9H2,1-2H3. The molecule has 0 atom stereocenters. The van der Waals surface area contributed by atoms with Crippen LogP contribution in [0.15, 0.2) is 33.6 Å². The van der Waals surface area contributed by atoms with Crippen molar-refractivity contribution in [1.29, 1.82) is 0 Å². The molecular weight excluding hydrogens is 327 g/mol. The second-order valence-corrected chi connectivity index (χ2v) is 5.91. The fourth-order valence-corrected chi connectivity index (χ4v) is 3.72. The minimum atomic E-state index is -0.165. The summed E-state index contributed by atoms with van der Waals surface area (Å²) in [6.07, 6.45) is 0.894. The van der Waals surface area contributed by atoms with Crippen molar-refractivity contribution in [3.05, 3.63) is 45.9 Å². The molecule has 2 rings (SSSR count). The van der Waals surface area contributed by atoms with E-state index < -0.39 is 0 Å². The second-order valence-electron chi connectivity index (χ2n) is 4.10. The Morgan fingerprint density at radius 1 is 1.32 bits per heavy atom. The molecule has 0 spiro atoms. The van der Waals surface area contributed by atoms with Gasteiger partial charge < -0.3 is 0 Å². The zero-order chi connectivity index (χ0) is 13.8. The Labute approximate surface area is 125 Å². The second kappa shape index (κ2) is 6.57. The van der Waals surface area contributed by atoms with Gasteiger partial charge in [0.25, 0.3) is 0 Å². The van der Waals surface area contributed by atoms with E-state index in [-0.39, 0.29) is 5.82 Å². The molecule has 0 N–H and O–H groups in total. The van der Waals surface area contributed by atoms with Crippen molar-refractivity contribution >= 4 is 27.7 Å². The highest BCUT2D eigenvalue weighted by Crippen LogP contribution is 2.30. The van der Waals surface area contributed by atoms with E-state index in [1.807, 2.05) is 10.7 Å². The predicted molar refractivity (Wildman–Crippen MR) is 80.9 cm³/mol. The van der Waals surface area contributed by atoms with Gasteiger partial charge in [-0.3, -0.25) is 4.68 Å². The number of aromatic nitrogens is 2. The Balaban J connectivity index is 2.20. The Kier molecular flexibility index (Phi) is 5.05. The number of nitrogens with zero attached hydrogens (tertiary/aromatic N) is 2. The molecular formula is C14H16BrFN2S. The maximum absolute atomic E-state index is 13.6. The fourth-order valence-electron chi connectivity index (χ4n) is 1.86. The summed E-state index contributed by atoms with van der Waals surface area (Å²) in [5, 5.41) is 4.54. The molecule has 0 aliphatic rings. The van der Waals surface area contributed by atoms with E-state index in [4.69, 9.17) is 0 Å². The fraction of sp³-hybridized carbons (Fsp3) is 0.357. The van der Waals surface area contributed by atoms with Crippen LogP contribution in [0.2, 0.25) is 0 Å². The van der Waals surface area contributed by atoms with Gasteiger partial charge in [0.2, 0.25) is 0 Å². The van der Waals surface area contributed by atoms with Crippen LogP contribution in [0.4, 0.5) is 4.39 Å². The molecule has 1 aromatic carbocycles. The Morgan fingerprint density at radius 2 is 2.05 bits per heavy atom. The molecule has 5 heteroatoms. The summed E-state index contributed by atoms with van der Waals surface area (Å²) >= 11 is 5.11. The van der Waals surface area contributed by atoms with Crippen LogP contribution in [0.1, 0.15) is 25.2 Å². The molecule has 2 aromatic rings. The molecule has 0 fully saturated rings. The van der Waals surface area contributed by atoms with Crippen molar-refractivity contribution in [3.8, 4) is 0 Å². The molecule has 1 heterocycles. The van der Waals surface area contributed by atoms with Gasteiger partial charge in [-0.2, -0.15) is 5.10 Å². The Morgan fingerprint density at radius 3 is 2.68 bits per heavy atom. The predicted octanol–water partition coefficient (Wildman–Crippen LogP) is 4.66. The zero-order valence-corrected chi connectivity index (χ0v) is 13.4. The summed E-state index contributed by atoms with van der Waals surface area (Å²) in [6.45, 7) is 4.97. The number of aryl methyl sites for hydroxylation is 2. The van der Waals surface area contributed by atoms with Gasteiger partial charge in [0, 0.05) is 17.2 Å². The summed E-state index contributed by atoms with van der Waals surface area (Å²) in [5.41, 5.74) is 2.18. The Bertz CT molecular complexity index is 569.